The van der Waals surface area contributed by atoms with Crippen molar-refractivity contribution in [2.45, 2.75) is 31.9 Å². The molecule has 3 aromatic rings. The largest absolute Gasteiger partial charge is 0.433 e. The molecule has 1 amide bonds. The Morgan fingerprint density at radius 2 is 1.96 bits per heavy atom. The van der Waals surface area contributed by atoms with Crippen LogP contribution in [0.5, 0.6) is 0 Å². The van der Waals surface area contributed by atoms with Gasteiger partial charge >= 0.3 is 6.18 Å². The molecule has 0 unspecified atom stereocenters. The van der Waals surface area contributed by atoms with Crippen LogP contribution in [0.3, 0.4) is 0 Å². The monoisotopic (exact) mass is 378 g/mol. The molecule has 5 nitrogen and oxygen atoms in total. The van der Waals surface area contributed by atoms with Crippen molar-refractivity contribution in [1.29, 1.82) is 0 Å². The Balaban J connectivity index is 1.74. The number of fused-ring (bicyclic) bond motifs is 1. The summed E-state index contributed by atoms with van der Waals surface area (Å²) in [4.78, 5) is 16.6. The van der Waals surface area contributed by atoms with E-state index in [2.05, 4.69) is 15.4 Å². The number of hydrogen-bond donors (Lipinski definition) is 1. The Morgan fingerprint density at radius 3 is 2.63 bits per heavy atom. The number of halogens is 4. The number of nitrogens with one attached hydrogen (secondary N) is 1. The topological polar surface area (TPSA) is 59.3 Å². The highest BCUT2D eigenvalue weighted by Gasteiger charge is 2.37. The lowest BCUT2D eigenvalue weighted by Crippen LogP contribution is -2.16. The molecule has 140 valence electrons. The standard InChI is InChI=1S/C18H14F4N4O/c1-9-2-5-11(19)13(6-9)24-17(27)14-8-16-23-12(10-3-4-10)7-15(18(20,21)22)26(16)25-14/h2,5-8,10H,3-4H2,1H3,(H,24,27). The van der Waals surface area contributed by atoms with Gasteiger partial charge in [0.15, 0.2) is 11.3 Å². The van der Waals surface area contributed by atoms with Crippen LogP contribution in [0.4, 0.5) is 23.2 Å². The number of rotatable bonds is 3. The van der Waals surface area contributed by atoms with Crippen molar-refractivity contribution in [3.63, 3.8) is 0 Å². The van der Waals surface area contributed by atoms with Crippen molar-refractivity contribution in [2.24, 2.45) is 0 Å². The third kappa shape index (κ3) is 3.36. The fourth-order valence-electron chi connectivity index (χ4n) is 2.82. The molecule has 4 rings (SSSR count). The van der Waals surface area contributed by atoms with E-state index in [1.807, 2.05) is 0 Å². The predicted molar refractivity (Wildman–Crippen MR) is 89.1 cm³/mol. The zero-order valence-electron chi connectivity index (χ0n) is 14.1. The first-order valence-electron chi connectivity index (χ1n) is 8.28. The molecule has 1 aromatic carbocycles. The molecular formula is C18H14F4N4O. The summed E-state index contributed by atoms with van der Waals surface area (Å²) in [5, 5.41) is 6.09. The Hall–Kier alpha value is -2.97. The van der Waals surface area contributed by atoms with Gasteiger partial charge in [0, 0.05) is 17.7 Å². The summed E-state index contributed by atoms with van der Waals surface area (Å²) in [7, 11) is 0. The Kier molecular flexibility index (Phi) is 3.90. The molecule has 1 aliphatic carbocycles. The van der Waals surface area contributed by atoms with E-state index >= 15 is 0 Å². The number of carbonyl (C=O) groups is 1. The van der Waals surface area contributed by atoms with Gasteiger partial charge in [0.25, 0.3) is 5.91 Å². The third-order valence-electron chi connectivity index (χ3n) is 4.34. The average molecular weight is 378 g/mol. The van der Waals surface area contributed by atoms with Crippen LogP contribution < -0.4 is 5.32 Å². The van der Waals surface area contributed by atoms with Gasteiger partial charge in [-0.15, -0.1) is 0 Å². The van der Waals surface area contributed by atoms with E-state index in [0.717, 1.165) is 24.5 Å². The summed E-state index contributed by atoms with van der Waals surface area (Å²) in [5.74, 6) is -1.46. The molecule has 1 N–H and O–H groups in total. The predicted octanol–water partition coefficient (Wildman–Crippen LogP) is 4.33. The first-order chi connectivity index (χ1) is 12.7. The zero-order valence-corrected chi connectivity index (χ0v) is 14.1. The van der Waals surface area contributed by atoms with E-state index in [1.54, 1.807) is 6.92 Å². The number of hydrogen-bond acceptors (Lipinski definition) is 3. The summed E-state index contributed by atoms with van der Waals surface area (Å²) in [6, 6.07) is 6.30. The van der Waals surface area contributed by atoms with Gasteiger partial charge in [-0.05, 0) is 43.5 Å². The minimum absolute atomic E-state index is 0.00432. The molecule has 2 aromatic heterocycles. The number of aromatic nitrogens is 3. The van der Waals surface area contributed by atoms with Crippen LogP contribution in [0, 0.1) is 12.7 Å². The van der Waals surface area contributed by atoms with Crippen LogP contribution in [0.1, 0.15) is 46.2 Å². The number of amides is 1. The molecule has 0 saturated heterocycles. The second-order valence-electron chi connectivity index (χ2n) is 6.58. The lowest BCUT2D eigenvalue weighted by molar-refractivity contribution is -0.142. The second kappa shape index (κ2) is 6.04. The molecule has 1 aliphatic rings. The molecule has 0 atom stereocenters. The molecule has 1 fully saturated rings. The van der Waals surface area contributed by atoms with Crippen molar-refractivity contribution in [3.8, 4) is 0 Å². The van der Waals surface area contributed by atoms with Crippen molar-refractivity contribution < 1.29 is 22.4 Å². The van der Waals surface area contributed by atoms with Gasteiger partial charge < -0.3 is 5.32 Å². The van der Waals surface area contributed by atoms with Gasteiger partial charge in [0.2, 0.25) is 0 Å². The number of benzene rings is 1. The number of aryl methyl sites for hydroxylation is 1. The molecule has 0 spiro atoms. The van der Waals surface area contributed by atoms with E-state index in [-0.39, 0.29) is 22.9 Å². The van der Waals surface area contributed by atoms with Crippen LogP contribution >= 0.6 is 0 Å². The Labute approximate surface area is 151 Å². The van der Waals surface area contributed by atoms with Gasteiger partial charge in [-0.2, -0.15) is 18.3 Å². The molecule has 0 aliphatic heterocycles. The van der Waals surface area contributed by atoms with Crippen LogP contribution in [0.2, 0.25) is 0 Å². The van der Waals surface area contributed by atoms with Crippen molar-refractivity contribution >= 4 is 17.2 Å². The SMILES string of the molecule is Cc1ccc(F)c(NC(=O)c2cc3nc(C4CC4)cc(C(F)(F)F)n3n2)c1. The van der Waals surface area contributed by atoms with E-state index in [0.29, 0.717) is 10.2 Å². The number of alkyl halides is 3. The Bertz CT molecular complexity index is 1050. The molecule has 1 saturated carbocycles. The highest BCUT2D eigenvalue weighted by molar-refractivity contribution is 6.03. The fourth-order valence-corrected chi connectivity index (χ4v) is 2.82. The third-order valence-corrected chi connectivity index (χ3v) is 4.34. The summed E-state index contributed by atoms with van der Waals surface area (Å²) >= 11 is 0. The Morgan fingerprint density at radius 1 is 1.22 bits per heavy atom. The van der Waals surface area contributed by atoms with Crippen LogP contribution in [0.15, 0.2) is 30.3 Å². The highest BCUT2D eigenvalue weighted by Crippen LogP contribution is 2.41. The number of nitrogens with zero attached hydrogens (tertiary/aromatic N) is 3. The fraction of sp³-hybridized carbons (Fsp3) is 0.278. The zero-order chi connectivity index (χ0) is 19.3. The quantitative estimate of drug-likeness (QED) is 0.691. The molecule has 2 heterocycles. The molecule has 0 bridgehead atoms. The maximum atomic E-state index is 13.8. The van der Waals surface area contributed by atoms with Crippen molar-refractivity contribution in [2.75, 3.05) is 5.32 Å². The van der Waals surface area contributed by atoms with Crippen molar-refractivity contribution in [1.82, 2.24) is 14.6 Å². The summed E-state index contributed by atoms with van der Waals surface area (Å²) in [5.41, 5.74) is -0.346. The van der Waals surface area contributed by atoms with Gasteiger partial charge in [-0.3, -0.25) is 4.79 Å². The van der Waals surface area contributed by atoms with Gasteiger partial charge in [-0.25, -0.2) is 13.9 Å². The first-order valence-corrected chi connectivity index (χ1v) is 8.28. The van der Waals surface area contributed by atoms with Crippen LogP contribution in [-0.2, 0) is 6.18 Å². The van der Waals surface area contributed by atoms with Gasteiger partial charge in [0.05, 0.1) is 5.69 Å². The number of anilines is 1. The normalized spacial score (nSPS) is 14.6. The first kappa shape index (κ1) is 17.4. The minimum atomic E-state index is -4.65. The maximum absolute atomic E-state index is 13.8. The minimum Gasteiger partial charge on any atom is -0.318 e. The molecule has 9 heteroatoms. The molecular weight excluding hydrogens is 364 g/mol. The summed E-state index contributed by atoms with van der Waals surface area (Å²) in [6.45, 7) is 1.72. The number of carbonyl (C=O) groups excluding carboxylic acids is 1. The highest BCUT2D eigenvalue weighted by atomic mass is 19.4. The average Bonchev–Trinajstić information content (AvgIpc) is 3.35. The van der Waals surface area contributed by atoms with Crippen molar-refractivity contribution in [3.05, 3.63) is 58.8 Å². The lowest BCUT2D eigenvalue weighted by atomic mass is 10.2. The smallest absolute Gasteiger partial charge is 0.318 e. The van der Waals surface area contributed by atoms with E-state index in [9.17, 15) is 22.4 Å². The van der Waals surface area contributed by atoms with Crippen LogP contribution in [-0.4, -0.2) is 20.5 Å². The summed E-state index contributed by atoms with van der Waals surface area (Å²) in [6.07, 6.45) is -3.07. The van der Waals surface area contributed by atoms with Crippen LogP contribution in [0.25, 0.3) is 5.65 Å². The van der Waals surface area contributed by atoms with E-state index < -0.39 is 23.6 Å². The van der Waals surface area contributed by atoms with Gasteiger partial charge in [0.1, 0.15) is 11.5 Å². The maximum Gasteiger partial charge on any atom is 0.433 e. The lowest BCUT2D eigenvalue weighted by Gasteiger charge is -2.10. The van der Waals surface area contributed by atoms with E-state index in [1.165, 1.54) is 24.3 Å². The molecule has 27 heavy (non-hydrogen) atoms. The second-order valence-corrected chi connectivity index (χ2v) is 6.58. The molecule has 0 radical (unpaired) electrons. The van der Waals surface area contributed by atoms with E-state index in [4.69, 9.17) is 0 Å². The summed E-state index contributed by atoms with van der Waals surface area (Å²) < 4.78 is 54.6. The van der Waals surface area contributed by atoms with Gasteiger partial charge in [-0.1, -0.05) is 6.07 Å².